The van der Waals surface area contributed by atoms with Crippen LogP contribution in [0.4, 0.5) is 19.0 Å². The molecule has 0 saturated heterocycles. The van der Waals surface area contributed by atoms with Crippen molar-refractivity contribution in [2.24, 2.45) is 0 Å². The third-order valence-corrected chi connectivity index (χ3v) is 5.75. The largest absolute Gasteiger partial charge is 0.434 e. The van der Waals surface area contributed by atoms with Crippen LogP contribution in [0.2, 0.25) is 0 Å². The van der Waals surface area contributed by atoms with Crippen LogP contribution in [-0.4, -0.2) is 42.0 Å². The van der Waals surface area contributed by atoms with Gasteiger partial charge in [0.2, 0.25) is 0 Å². The van der Waals surface area contributed by atoms with E-state index in [0.717, 1.165) is 31.9 Å². The van der Waals surface area contributed by atoms with Crippen molar-refractivity contribution in [3.8, 4) is 0 Å². The van der Waals surface area contributed by atoms with Crippen LogP contribution >= 0.6 is 0 Å². The van der Waals surface area contributed by atoms with Crippen molar-refractivity contribution in [3.05, 3.63) is 60.3 Å². The van der Waals surface area contributed by atoms with Crippen LogP contribution in [-0.2, 0) is 6.18 Å². The summed E-state index contributed by atoms with van der Waals surface area (Å²) in [6, 6.07) is 8.56. The van der Waals surface area contributed by atoms with Gasteiger partial charge in [-0.15, -0.1) is 10.2 Å². The van der Waals surface area contributed by atoms with Crippen LogP contribution in [0, 0.1) is 0 Å². The molecule has 0 aromatic carbocycles. The number of nitrogens with zero attached hydrogens (tertiary/aromatic N) is 5. The highest BCUT2D eigenvalue weighted by Crippen LogP contribution is 2.30. The Balaban J connectivity index is 1.20. The molecule has 1 fully saturated rings. The average Bonchev–Trinajstić information content (AvgIpc) is 3.42. The van der Waals surface area contributed by atoms with Crippen LogP contribution in [0.25, 0.3) is 11.3 Å². The molecule has 1 aliphatic rings. The Labute approximate surface area is 180 Å². The molecule has 0 bridgehead atoms. The van der Waals surface area contributed by atoms with Crippen molar-refractivity contribution in [1.82, 2.24) is 29.3 Å². The first-order valence-corrected chi connectivity index (χ1v) is 10.3. The molecule has 0 unspecified atom stereocenters. The Morgan fingerprint density at radius 3 is 2.56 bits per heavy atom. The molecule has 5 rings (SSSR count). The van der Waals surface area contributed by atoms with Crippen molar-refractivity contribution in [2.45, 2.75) is 43.9 Å². The number of pyridine rings is 2. The van der Waals surface area contributed by atoms with Crippen molar-refractivity contribution in [1.29, 1.82) is 0 Å². The van der Waals surface area contributed by atoms with E-state index in [4.69, 9.17) is 0 Å². The maximum absolute atomic E-state index is 13.0. The molecular weight excluding hydrogens is 423 g/mol. The lowest BCUT2D eigenvalue weighted by atomic mass is 9.91. The number of carbonyl (C=O) groups excluding carboxylic acids is 1. The van der Waals surface area contributed by atoms with E-state index in [9.17, 15) is 18.0 Å². The zero-order chi connectivity index (χ0) is 22.3. The van der Waals surface area contributed by atoms with Gasteiger partial charge in [-0.2, -0.15) is 13.2 Å². The highest BCUT2D eigenvalue weighted by Gasteiger charge is 2.34. The fourth-order valence-electron chi connectivity index (χ4n) is 4.09. The normalized spacial score (nSPS) is 19.3. The van der Waals surface area contributed by atoms with Crippen molar-refractivity contribution in [3.63, 3.8) is 0 Å². The molecule has 0 aliphatic heterocycles. The summed E-state index contributed by atoms with van der Waals surface area (Å²) in [5.41, 5.74) is 0.532. The molecule has 1 aliphatic carbocycles. The van der Waals surface area contributed by atoms with Gasteiger partial charge in [0.15, 0.2) is 11.3 Å². The Hall–Kier alpha value is -3.63. The van der Waals surface area contributed by atoms with Gasteiger partial charge in [0.25, 0.3) is 5.91 Å². The second kappa shape index (κ2) is 7.81. The number of halogens is 3. The fourth-order valence-corrected chi connectivity index (χ4v) is 4.09. The van der Waals surface area contributed by atoms with Gasteiger partial charge in [0, 0.05) is 24.5 Å². The van der Waals surface area contributed by atoms with Crippen molar-refractivity contribution < 1.29 is 18.0 Å². The summed E-state index contributed by atoms with van der Waals surface area (Å²) in [5, 5.41) is 14.1. The Morgan fingerprint density at radius 2 is 1.78 bits per heavy atom. The number of hydrogen-bond donors (Lipinski definition) is 2. The zero-order valence-electron chi connectivity index (χ0n) is 16.9. The summed E-state index contributed by atoms with van der Waals surface area (Å²) in [4.78, 5) is 16.3. The van der Waals surface area contributed by atoms with E-state index in [-0.39, 0.29) is 23.6 Å². The molecule has 1 saturated carbocycles. The van der Waals surface area contributed by atoms with E-state index >= 15 is 0 Å². The number of alkyl halides is 3. The Morgan fingerprint density at radius 1 is 1.00 bits per heavy atom. The van der Waals surface area contributed by atoms with Crippen LogP contribution in [0.5, 0.6) is 0 Å². The predicted molar refractivity (Wildman–Crippen MR) is 110 cm³/mol. The molecule has 8 nitrogen and oxygen atoms in total. The van der Waals surface area contributed by atoms with E-state index < -0.39 is 11.9 Å². The number of amides is 1. The first kappa shape index (κ1) is 20.3. The van der Waals surface area contributed by atoms with Gasteiger partial charge in [0.05, 0.1) is 5.56 Å². The molecule has 11 heteroatoms. The highest BCUT2D eigenvalue weighted by molar-refractivity contribution is 5.94. The van der Waals surface area contributed by atoms with Crippen LogP contribution < -0.4 is 10.6 Å². The molecule has 4 heterocycles. The summed E-state index contributed by atoms with van der Waals surface area (Å²) in [6.07, 6.45) is 2.87. The molecular formula is C21H20F3N7O. The maximum Gasteiger partial charge on any atom is 0.434 e. The lowest BCUT2D eigenvalue weighted by molar-refractivity contribution is -0.140. The molecule has 0 atom stereocenters. The number of carbonyl (C=O) groups is 1. The molecule has 32 heavy (non-hydrogen) atoms. The topological polar surface area (TPSA) is 88.6 Å². The van der Waals surface area contributed by atoms with E-state index in [1.807, 2.05) is 0 Å². The van der Waals surface area contributed by atoms with Gasteiger partial charge in [-0.1, -0.05) is 6.07 Å². The molecule has 4 aromatic heterocycles. The SMILES string of the molecule is O=C(NC1CCC(Nc2cccc3nc(C(F)(F)F)cn23)CC1)c1ccc2nncn2c1. The second-order valence-electron chi connectivity index (χ2n) is 7.94. The monoisotopic (exact) mass is 443 g/mol. The van der Waals surface area contributed by atoms with Gasteiger partial charge in [-0.3, -0.25) is 13.6 Å². The second-order valence-corrected chi connectivity index (χ2v) is 7.94. The Kier molecular flexibility index (Phi) is 4.95. The lowest BCUT2D eigenvalue weighted by Crippen LogP contribution is -2.40. The predicted octanol–water partition coefficient (Wildman–Crippen LogP) is 3.55. The van der Waals surface area contributed by atoms with Gasteiger partial charge in [-0.05, 0) is 49.9 Å². The third-order valence-electron chi connectivity index (χ3n) is 5.75. The fraction of sp³-hybridized carbons (Fsp3) is 0.333. The Bertz CT molecular complexity index is 1270. The number of rotatable bonds is 4. The standard InChI is InChI=1S/C21H20F3N7O/c22-21(23,24)16-11-31-17(2-1-3-18(31)28-16)26-14-5-7-15(8-6-14)27-20(32)13-4-9-19-29-25-12-30(19)10-13/h1-4,9-12,14-15,26H,5-8H2,(H,27,32). The third kappa shape index (κ3) is 3.97. The summed E-state index contributed by atoms with van der Waals surface area (Å²) in [7, 11) is 0. The lowest BCUT2D eigenvalue weighted by Gasteiger charge is -2.30. The van der Waals surface area contributed by atoms with Crippen LogP contribution in [0.15, 0.2) is 49.1 Å². The van der Waals surface area contributed by atoms with E-state index in [0.29, 0.717) is 17.0 Å². The summed E-state index contributed by atoms with van der Waals surface area (Å²) in [6.45, 7) is 0. The first-order valence-electron chi connectivity index (χ1n) is 10.3. The number of nitrogens with one attached hydrogen (secondary N) is 2. The number of aromatic nitrogens is 5. The maximum atomic E-state index is 13.0. The van der Waals surface area contributed by atoms with Crippen molar-refractivity contribution in [2.75, 3.05) is 5.32 Å². The number of fused-ring (bicyclic) bond motifs is 2. The van der Waals surface area contributed by atoms with Gasteiger partial charge in [0.1, 0.15) is 17.8 Å². The van der Waals surface area contributed by atoms with E-state index in [1.165, 1.54) is 4.40 Å². The van der Waals surface area contributed by atoms with E-state index in [2.05, 4.69) is 25.8 Å². The van der Waals surface area contributed by atoms with Gasteiger partial charge in [-0.25, -0.2) is 4.98 Å². The van der Waals surface area contributed by atoms with Gasteiger partial charge < -0.3 is 10.6 Å². The number of hydrogen-bond acceptors (Lipinski definition) is 5. The molecule has 4 aromatic rings. The average molecular weight is 443 g/mol. The number of imidazole rings is 1. The zero-order valence-corrected chi connectivity index (χ0v) is 16.9. The minimum absolute atomic E-state index is 0.0398. The van der Waals surface area contributed by atoms with Crippen molar-refractivity contribution >= 4 is 23.0 Å². The molecule has 2 N–H and O–H groups in total. The minimum Gasteiger partial charge on any atom is -0.368 e. The van der Waals surface area contributed by atoms with Crippen LogP contribution in [0.1, 0.15) is 41.7 Å². The molecule has 166 valence electrons. The van der Waals surface area contributed by atoms with Crippen LogP contribution in [0.3, 0.4) is 0 Å². The molecule has 0 radical (unpaired) electrons. The number of anilines is 1. The van der Waals surface area contributed by atoms with E-state index in [1.54, 1.807) is 47.3 Å². The van der Waals surface area contributed by atoms with Gasteiger partial charge >= 0.3 is 6.18 Å². The first-order chi connectivity index (χ1) is 15.4. The smallest absolute Gasteiger partial charge is 0.368 e. The quantitative estimate of drug-likeness (QED) is 0.504. The molecule has 1 amide bonds. The highest BCUT2D eigenvalue weighted by atomic mass is 19.4. The summed E-state index contributed by atoms with van der Waals surface area (Å²) in [5.74, 6) is 0.417. The molecule has 0 spiro atoms. The minimum atomic E-state index is -4.49. The summed E-state index contributed by atoms with van der Waals surface area (Å²) >= 11 is 0. The summed E-state index contributed by atoms with van der Waals surface area (Å²) < 4.78 is 42.1.